The molecule has 1 heterocycles. The first-order valence-corrected chi connectivity index (χ1v) is 6.41. The fourth-order valence-corrected chi connectivity index (χ4v) is 2.68. The van der Waals surface area contributed by atoms with Crippen molar-refractivity contribution in [2.45, 2.75) is 0 Å². The van der Waals surface area contributed by atoms with E-state index in [1.54, 1.807) is 36.4 Å². The number of fused-ring (bicyclic) bond motifs is 2. The molecule has 94 valence electrons. The first-order valence-electron chi connectivity index (χ1n) is 5.62. The van der Waals surface area contributed by atoms with E-state index < -0.39 is 5.91 Å². The molecule has 0 unspecified atom stereocenters. The predicted octanol–water partition coefficient (Wildman–Crippen LogP) is 2.58. The number of imide groups is 1. The van der Waals surface area contributed by atoms with Crippen LogP contribution in [0.1, 0.15) is 20.7 Å². The second-order valence-corrected chi connectivity index (χ2v) is 5.10. The second-order valence-electron chi connectivity index (χ2n) is 4.25. The molecule has 0 aromatic heterocycles. The molecule has 3 rings (SSSR count). The number of rotatable bonds is 1. The van der Waals surface area contributed by atoms with Crippen LogP contribution in [0.3, 0.4) is 0 Å². The quantitative estimate of drug-likeness (QED) is 0.627. The lowest BCUT2D eigenvalue weighted by molar-refractivity contribution is 0.0841. The number of nitrogens with two attached hydrogens (primary N) is 1. The summed E-state index contributed by atoms with van der Waals surface area (Å²) in [7, 11) is 0. The van der Waals surface area contributed by atoms with Crippen LogP contribution < -0.4 is 11.1 Å². The van der Waals surface area contributed by atoms with E-state index in [-0.39, 0.29) is 5.91 Å². The second kappa shape index (κ2) is 4.20. The molecular formula is C14H9BrN2O2. The summed E-state index contributed by atoms with van der Waals surface area (Å²) < 4.78 is 0.660. The summed E-state index contributed by atoms with van der Waals surface area (Å²) in [5, 5.41) is 2.32. The van der Waals surface area contributed by atoms with Crippen molar-refractivity contribution in [2.24, 2.45) is 0 Å². The fourth-order valence-electron chi connectivity index (χ4n) is 2.17. The van der Waals surface area contributed by atoms with Crippen molar-refractivity contribution < 1.29 is 9.59 Å². The van der Waals surface area contributed by atoms with Crippen LogP contribution >= 0.6 is 15.9 Å². The van der Waals surface area contributed by atoms with Gasteiger partial charge in [-0.2, -0.15) is 0 Å². The first kappa shape index (κ1) is 11.9. The third-order valence-electron chi connectivity index (χ3n) is 3.05. The summed E-state index contributed by atoms with van der Waals surface area (Å²) >= 11 is 3.35. The zero-order chi connectivity index (χ0) is 13.6. The molecule has 0 aliphatic carbocycles. The SMILES string of the molecule is Nc1ccc(-c2c3ccc(Br)c2C(=O)NC3=O)cc1. The maximum atomic E-state index is 12.0. The number of carbonyl (C=O) groups is 2. The number of anilines is 1. The number of nitrogen functional groups attached to an aromatic ring is 1. The number of hydrogen-bond acceptors (Lipinski definition) is 3. The van der Waals surface area contributed by atoms with Crippen molar-refractivity contribution in [3.05, 3.63) is 52.0 Å². The zero-order valence-corrected chi connectivity index (χ0v) is 11.3. The molecule has 0 atom stereocenters. The maximum absolute atomic E-state index is 12.0. The number of benzene rings is 2. The molecule has 5 heteroatoms. The van der Waals surface area contributed by atoms with Crippen LogP contribution in [0.5, 0.6) is 0 Å². The lowest BCUT2D eigenvalue weighted by atomic mass is 9.91. The van der Waals surface area contributed by atoms with E-state index in [4.69, 9.17) is 5.73 Å². The molecule has 4 nitrogen and oxygen atoms in total. The number of halogens is 1. The monoisotopic (exact) mass is 316 g/mol. The van der Waals surface area contributed by atoms with Crippen molar-refractivity contribution in [3.63, 3.8) is 0 Å². The summed E-state index contributed by atoms with van der Waals surface area (Å²) in [4.78, 5) is 23.8. The standard InChI is InChI=1S/C14H9BrN2O2/c15-10-6-5-9-11(7-1-3-8(16)4-2-7)12(10)14(19)17-13(9)18/h1-6H,16H2,(H,17,18,19). The maximum Gasteiger partial charge on any atom is 0.259 e. The molecule has 2 amide bonds. The van der Waals surface area contributed by atoms with E-state index in [0.717, 1.165) is 5.56 Å². The van der Waals surface area contributed by atoms with Crippen molar-refractivity contribution in [3.8, 4) is 11.1 Å². The summed E-state index contributed by atoms with van der Waals surface area (Å²) in [5.74, 6) is -0.770. The van der Waals surface area contributed by atoms with E-state index in [2.05, 4.69) is 21.2 Å². The van der Waals surface area contributed by atoms with Gasteiger partial charge in [0.15, 0.2) is 0 Å². The lowest BCUT2D eigenvalue weighted by Crippen LogP contribution is -2.36. The Bertz CT molecular complexity index is 708. The molecule has 0 fully saturated rings. The topological polar surface area (TPSA) is 72.2 Å². The molecule has 3 N–H and O–H groups in total. The van der Waals surface area contributed by atoms with Gasteiger partial charge < -0.3 is 5.73 Å². The highest BCUT2D eigenvalue weighted by molar-refractivity contribution is 9.10. The minimum atomic E-state index is -0.392. The van der Waals surface area contributed by atoms with Crippen LogP contribution in [0.2, 0.25) is 0 Å². The van der Waals surface area contributed by atoms with Crippen LogP contribution in [-0.4, -0.2) is 11.8 Å². The fraction of sp³-hybridized carbons (Fsp3) is 0. The van der Waals surface area contributed by atoms with Gasteiger partial charge in [-0.1, -0.05) is 12.1 Å². The molecule has 1 aliphatic heterocycles. The van der Waals surface area contributed by atoms with Crippen molar-refractivity contribution >= 4 is 33.4 Å². The average molecular weight is 317 g/mol. The van der Waals surface area contributed by atoms with E-state index >= 15 is 0 Å². The molecule has 19 heavy (non-hydrogen) atoms. The highest BCUT2D eigenvalue weighted by Crippen LogP contribution is 2.35. The van der Waals surface area contributed by atoms with Gasteiger partial charge in [-0.3, -0.25) is 14.9 Å². The molecule has 2 bridgehead atoms. The Morgan fingerprint density at radius 1 is 0.895 bits per heavy atom. The highest BCUT2D eigenvalue weighted by atomic mass is 79.9. The molecule has 2 aromatic carbocycles. The van der Waals surface area contributed by atoms with Crippen LogP contribution in [-0.2, 0) is 0 Å². The summed E-state index contributed by atoms with van der Waals surface area (Å²) in [6.07, 6.45) is 0. The van der Waals surface area contributed by atoms with Crippen molar-refractivity contribution in [1.82, 2.24) is 5.32 Å². The van der Waals surface area contributed by atoms with Crippen LogP contribution in [0.15, 0.2) is 40.9 Å². The van der Waals surface area contributed by atoms with E-state index in [9.17, 15) is 9.59 Å². The molecule has 0 spiro atoms. The zero-order valence-electron chi connectivity index (χ0n) is 9.74. The van der Waals surface area contributed by atoms with Crippen LogP contribution in [0.25, 0.3) is 11.1 Å². The van der Waals surface area contributed by atoms with Gasteiger partial charge in [0.05, 0.1) is 5.56 Å². The van der Waals surface area contributed by atoms with Gasteiger partial charge in [-0.15, -0.1) is 0 Å². The van der Waals surface area contributed by atoms with Gasteiger partial charge in [-0.25, -0.2) is 0 Å². The molecule has 0 saturated heterocycles. The Kier molecular flexibility index (Phi) is 2.64. The Morgan fingerprint density at radius 3 is 2.26 bits per heavy atom. The van der Waals surface area contributed by atoms with E-state index in [1.165, 1.54) is 0 Å². The largest absolute Gasteiger partial charge is 0.399 e. The van der Waals surface area contributed by atoms with Gasteiger partial charge in [0.1, 0.15) is 0 Å². The van der Waals surface area contributed by atoms with Gasteiger partial charge in [0, 0.05) is 21.3 Å². The normalized spacial score (nSPS) is 13.3. The minimum Gasteiger partial charge on any atom is -0.399 e. The summed E-state index contributed by atoms with van der Waals surface area (Å²) in [5.41, 5.74) is 8.69. The highest BCUT2D eigenvalue weighted by Gasteiger charge is 2.29. The van der Waals surface area contributed by atoms with Gasteiger partial charge in [0.2, 0.25) is 0 Å². The molecule has 1 aliphatic rings. The Hall–Kier alpha value is -2.14. The summed E-state index contributed by atoms with van der Waals surface area (Å²) in [6.45, 7) is 0. The molecule has 2 aromatic rings. The predicted molar refractivity (Wildman–Crippen MR) is 75.8 cm³/mol. The smallest absolute Gasteiger partial charge is 0.259 e. The van der Waals surface area contributed by atoms with E-state index in [1.807, 2.05) is 0 Å². The number of nitrogens with one attached hydrogen (secondary N) is 1. The van der Waals surface area contributed by atoms with Gasteiger partial charge in [0.25, 0.3) is 11.8 Å². The molecule has 0 radical (unpaired) electrons. The summed E-state index contributed by atoms with van der Waals surface area (Å²) in [6, 6.07) is 10.5. The third-order valence-corrected chi connectivity index (χ3v) is 3.71. The number of carbonyl (C=O) groups excluding carboxylic acids is 2. The first-order chi connectivity index (χ1) is 9.08. The third kappa shape index (κ3) is 1.82. The number of hydrogen-bond donors (Lipinski definition) is 2. The minimum absolute atomic E-state index is 0.378. The van der Waals surface area contributed by atoms with Crippen LogP contribution in [0.4, 0.5) is 5.69 Å². The van der Waals surface area contributed by atoms with Gasteiger partial charge in [-0.05, 0) is 45.8 Å². The number of amides is 2. The Labute approximate surface area is 117 Å². The van der Waals surface area contributed by atoms with Gasteiger partial charge >= 0.3 is 0 Å². The van der Waals surface area contributed by atoms with Crippen molar-refractivity contribution in [2.75, 3.05) is 5.73 Å². The molecule has 0 saturated carbocycles. The Morgan fingerprint density at radius 2 is 1.58 bits per heavy atom. The van der Waals surface area contributed by atoms with Crippen molar-refractivity contribution in [1.29, 1.82) is 0 Å². The average Bonchev–Trinajstić information content (AvgIpc) is 2.38. The van der Waals surface area contributed by atoms with Crippen LogP contribution in [0, 0.1) is 0 Å². The van der Waals surface area contributed by atoms with E-state index in [0.29, 0.717) is 26.9 Å². The molecular weight excluding hydrogens is 308 g/mol. The lowest BCUT2D eigenvalue weighted by Gasteiger charge is -2.20. The Balaban J connectivity index is 2.34.